The van der Waals surface area contributed by atoms with Crippen LogP contribution in [-0.4, -0.2) is 126 Å². The minimum Gasteiger partial charge on any atom is -0.391 e. The van der Waals surface area contributed by atoms with E-state index >= 15 is 0 Å². The van der Waals surface area contributed by atoms with Gasteiger partial charge in [-0.15, -0.1) is 0 Å². The number of likely N-dealkylation sites (N-methyl/N-ethyl adjacent to an activating group) is 2. The highest BCUT2D eigenvalue weighted by atomic mass is 16.3. The molecule has 0 saturated heterocycles. The number of nitrogens with one attached hydrogen (secondary N) is 9. The largest absolute Gasteiger partial charge is 0.391 e. The van der Waals surface area contributed by atoms with Crippen LogP contribution in [0.25, 0.3) is 10.9 Å². The minimum absolute atomic E-state index is 0.00991. The quantitative estimate of drug-likeness (QED) is 0.0278. The number of rotatable bonds is 24. The van der Waals surface area contributed by atoms with E-state index in [2.05, 4.69) is 36.9 Å². The third kappa shape index (κ3) is 14.8. The molecule has 0 aliphatic carbocycles. The number of aliphatic hydroxyl groups excluding tert-OH is 1. The lowest BCUT2D eigenvalue weighted by Crippen LogP contribution is -2.60. The first-order valence-corrected chi connectivity index (χ1v) is 17.8. The second-order valence-electron chi connectivity index (χ2n) is 13.1. The number of para-hydroxylation sites is 1. The molecule has 1 aromatic carbocycles. The number of guanidine groups is 2. The molecule has 0 unspecified atom stereocenters. The first kappa shape index (κ1) is 45.2. The number of aromatic amines is 1. The molecule has 0 aliphatic rings. The summed E-state index contributed by atoms with van der Waals surface area (Å²) >= 11 is 0. The summed E-state index contributed by atoms with van der Waals surface area (Å²) in [7, 11) is 2.77. The van der Waals surface area contributed by atoms with E-state index in [1.54, 1.807) is 6.20 Å². The first-order valence-electron chi connectivity index (χ1n) is 17.8. The third-order valence-electron chi connectivity index (χ3n) is 8.83. The summed E-state index contributed by atoms with van der Waals surface area (Å²) in [5.41, 5.74) is 23.4. The average molecular weight is 773 g/mol. The van der Waals surface area contributed by atoms with Gasteiger partial charge in [0.25, 0.3) is 0 Å². The predicted molar refractivity (Wildman–Crippen MR) is 205 cm³/mol. The number of primary amides is 2. The molecule has 0 aliphatic heterocycles. The molecule has 0 bridgehead atoms. The van der Waals surface area contributed by atoms with Crippen LogP contribution in [-0.2, 0) is 35.2 Å². The summed E-state index contributed by atoms with van der Waals surface area (Å²) in [6.07, 6.45) is 0.514. The van der Waals surface area contributed by atoms with Gasteiger partial charge in [-0.05, 0) is 57.7 Å². The minimum atomic E-state index is -1.42. The van der Waals surface area contributed by atoms with Crippen LogP contribution in [0, 0.1) is 10.8 Å². The summed E-state index contributed by atoms with van der Waals surface area (Å²) < 4.78 is 0. The standard InChI is InChI=1S/C34H56N14O7/c1-18(49)27(41-2)31(54)45-22(10-6-14-42-33(37)38)29(52)46-23(12-13-26(35)50)32(55)48(3)25(11-7-15-43-34(39)40)30(53)47-24(28(36)51)16-19-17-44-21-9-5-4-8-20(19)21/h4-5,8-9,17-18,22-25,27,41,44,49H,6-7,10-16H2,1-3H3,(H2,35,50)(H2,36,51)(H,45,54)(H,46,52)(H,47,53)(H4,37,38,42)(H4,39,40,43)/t18-,22+,23+,24+,25+,27+/m1/s1. The summed E-state index contributed by atoms with van der Waals surface area (Å²) in [4.78, 5) is 83.5. The lowest BCUT2D eigenvalue weighted by atomic mass is 10.0. The van der Waals surface area contributed by atoms with E-state index in [1.165, 1.54) is 21.0 Å². The number of hydrogen-bond donors (Lipinski definition) is 14. The zero-order chi connectivity index (χ0) is 41.2. The van der Waals surface area contributed by atoms with Gasteiger partial charge in [-0.25, -0.2) is 0 Å². The van der Waals surface area contributed by atoms with Crippen LogP contribution >= 0.6 is 0 Å². The highest BCUT2D eigenvalue weighted by molar-refractivity contribution is 5.96. The van der Waals surface area contributed by atoms with Crippen LogP contribution in [0.15, 0.2) is 30.5 Å². The molecule has 21 nitrogen and oxygen atoms in total. The van der Waals surface area contributed by atoms with Crippen molar-refractivity contribution in [2.24, 2.45) is 22.9 Å². The summed E-state index contributed by atoms with van der Waals surface area (Å²) in [5, 5.41) is 41.4. The summed E-state index contributed by atoms with van der Waals surface area (Å²) in [5.74, 6) is -5.24. The van der Waals surface area contributed by atoms with E-state index in [9.17, 15) is 33.9 Å². The monoisotopic (exact) mass is 772 g/mol. The molecule has 1 aromatic heterocycles. The van der Waals surface area contributed by atoms with Crippen LogP contribution in [0.4, 0.5) is 0 Å². The van der Waals surface area contributed by atoms with Crippen molar-refractivity contribution in [3.05, 3.63) is 36.0 Å². The Morgan fingerprint density at radius 3 is 1.96 bits per heavy atom. The maximum atomic E-state index is 14.2. The van der Waals surface area contributed by atoms with Gasteiger partial charge in [-0.3, -0.25) is 39.6 Å². The van der Waals surface area contributed by atoms with Gasteiger partial charge in [-0.1, -0.05) is 18.2 Å². The van der Waals surface area contributed by atoms with Gasteiger partial charge in [0.1, 0.15) is 30.2 Å². The Morgan fingerprint density at radius 2 is 1.40 bits per heavy atom. The predicted octanol–water partition coefficient (Wildman–Crippen LogP) is -3.76. The van der Waals surface area contributed by atoms with Crippen molar-refractivity contribution in [3.63, 3.8) is 0 Å². The fraction of sp³-hybridized carbons (Fsp3) is 0.529. The average Bonchev–Trinajstić information content (AvgIpc) is 3.52. The van der Waals surface area contributed by atoms with Gasteiger partial charge >= 0.3 is 0 Å². The van der Waals surface area contributed by atoms with Crippen molar-refractivity contribution in [2.75, 3.05) is 27.2 Å². The number of H-pyrrole nitrogens is 1. The van der Waals surface area contributed by atoms with Gasteiger partial charge in [0, 0.05) is 50.1 Å². The van der Waals surface area contributed by atoms with E-state index in [0.29, 0.717) is 5.56 Å². The van der Waals surface area contributed by atoms with E-state index in [-0.39, 0.29) is 70.0 Å². The van der Waals surface area contributed by atoms with Crippen molar-refractivity contribution in [1.29, 1.82) is 10.8 Å². The van der Waals surface area contributed by atoms with Crippen molar-refractivity contribution in [1.82, 2.24) is 41.8 Å². The Balaban J connectivity index is 2.39. The Labute approximate surface area is 318 Å². The van der Waals surface area contributed by atoms with E-state index < -0.39 is 71.8 Å². The van der Waals surface area contributed by atoms with Crippen molar-refractivity contribution >= 4 is 58.3 Å². The molecule has 0 fully saturated rings. The molecule has 2 aromatic rings. The van der Waals surface area contributed by atoms with Crippen LogP contribution in [0.3, 0.4) is 0 Å². The molecule has 304 valence electrons. The number of nitrogens with two attached hydrogens (primary N) is 4. The molecule has 0 saturated carbocycles. The number of benzene rings is 1. The molecule has 55 heavy (non-hydrogen) atoms. The van der Waals surface area contributed by atoms with Crippen molar-refractivity contribution in [3.8, 4) is 0 Å². The molecule has 0 radical (unpaired) electrons. The van der Waals surface area contributed by atoms with E-state index in [1.807, 2.05) is 24.3 Å². The molecule has 18 N–H and O–H groups in total. The number of amides is 6. The van der Waals surface area contributed by atoms with E-state index in [0.717, 1.165) is 15.8 Å². The second kappa shape index (κ2) is 22.3. The van der Waals surface area contributed by atoms with Crippen LogP contribution in [0.1, 0.15) is 51.0 Å². The topological polar surface area (TPSA) is 366 Å². The maximum absolute atomic E-state index is 14.2. The number of aliphatic hydroxyl groups is 1. The maximum Gasteiger partial charge on any atom is 0.245 e. The zero-order valence-corrected chi connectivity index (χ0v) is 31.4. The SMILES string of the molecule is CN[C@H](C(=O)N[C@@H](CCCNC(=N)N)C(=O)N[C@@H](CCC(N)=O)C(=O)N(C)[C@@H](CCCNC(=N)N)C(=O)N[C@@H](Cc1c[nH]c2ccccc12)C(N)=O)[C@@H](C)O. The smallest absolute Gasteiger partial charge is 0.245 e. The zero-order valence-electron chi connectivity index (χ0n) is 31.4. The van der Waals surface area contributed by atoms with Gasteiger partial charge in [0.2, 0.25) is 35.4 Å². The molecule has 21 heteroatoms. The first-order chi connectivity index (χ1) is 26.0. The Bertz CT molecular complexity index is 1670. The highest BCUT2D eigenvalue weighted by Crippen LogP contribution is 2.20. The van der Waals surface area contributed by atoms with Gasteiger partial charge in [-0.2, -0.15) is 0 Å². The number of fused-ring (bicyclic) bond motifs is 1. The third-order valence-corrected chi connectivity index (χ3v) is 8.83. The second-order valence-corrected chi connectivity index (χ2v) is 13.1. The molecule has 1 heterocycles. The summed E-state index contributed by atoms with van der Waals surface area (Å²) in [6, 6.07) is 1.21. The van der Waals surface area contributed by atoms with Crippen LogP contribution in [0.5, 0.6) is 0 Å². The fourth-order valence-electron chi connectivity index (χ4n) is 5.90. The molecule has 6 amide bonds. The molecular weight excluding hydrogens is 716 g/mol. The van der Waals surface area contributed by atoms with Gasteiger partial charge < -0.3 is 69.8 Å². The number of nitrogens with zero attached hydrogens (tertiary/aromatic N) is 1. The Hall–Kier alpha value is -5.96. The molecular formula is C34H56N14O7. The molecule has 0 spiro atoms. The van der Waals surface area contributed by atoms with Crippen molar-refractivity contribution < 1.29 is 33.9 Å². The fourth-order valence-corrected chi connectivity index (χ4v) is 5.90. The summed E-state index contributed by atoms with van der Waals surface area (Å²) in [6.45, 7) is 1.73. The lowest BCUT2D eigenvalue weighted by molar-refractivity contribution is -0.143. The number of aromatic nitrogens is 1. The number of hydrogen-bond acceptors (Lipinski definition) is 10. The van der Waals surface area contributed by atoms with Crippen LogP contribution < -0.4 is 54.8 Å². The van der Waals surface area contributed by atoms with E-state index in [4.69, 9.17) is 33.8 Å². The molecule has 6 atom stereocenters. The number of carbonyl (C=O) groups is 6. The normalized spacial score (nSPS) is 14.3. The van der Waals surface area contributed by atoms with Crippen molar-refractivity contribution in [2.45, 2.75) is 88.2 Å². The highest BCUT2D eigenvalue weighted by Gasteiger charge is 2.35. The lowest BCUT2D eigenvalue weighted by Gasteiger charge is -2.32. The number of carbonyl (C=O) groups excluding carboxylic acids is 6. The van der Waals surface area contributed by atoms with Gasteiger partial charge in [0.05, 0.1) is 6.10 Å². The Kier molecular flexibility index (Phi) is 18.3. The van der Waals surface area contributed by atoms with Gasteiger partial charge in [0.15, 0.2) is 11.9 Å². The molecule has 2 rings (SSSR count). The Morgan fingerprint density at radius 1 is 0.818 bits per heavy atom. The van der Waals surface area contributed by atoms with Crippen LogP contribution in [0.2, 0.25) is 0 Å².